The predicted octanol–water partition coefficient (Wildman–Crippen LogP) is 3.32. The summed E-state index contributed by atoms with van der Waals surface area (Å²) in [4.78, 5) is 0. The van der Waals surface area contributed by atoms with Gasteiger partial charge in [-0.2, -0.15) is 0 Å². The van der Waals surface area contributed by atoms with Crippen LogP contribution in [0, 0.1) is 0 Å². The van der Waals surface area contributed by atoms with Gasteiger partial charge >= 0.3 is 0 Å². The Kier molecular flexibility index (Phi) is 5.87. The van der Waals surface area contributed by atoms with Crippen LogP contribution in [0.1, 0.15) is 20.8 Å². The van der Waals surface area contributed by atoms with Crippen molar-refractivity contribution < 1.29 is 9.53 Å². The van der Waals surface area contributed by atoms with Crippen molar-refractivity contribution in [3.63, 3.8) is 0 Å². The van der Waals surface area contributed by atoms with Gasteiger partial charge in [0.1, 0.15) is 0 Å². The summed E-state index contributed by atoms with van der Waals surface area (Å²) in [5, 5.41) is 8.95. The first-order chi connectivity index (χ1) is 6.20. The average molecular weight is 328 g/mol. The smallest absolute Gasteiger partial charge is 0.192 e. The van der Waals surface area contributed by atoms with Crippen LogP contribution in [0.4, 0.5) is 0 Å². The third kappa shape index (κ3) is 4.91. The fourth-order valence-electron chi connectivity index (χ4n) is 0.624. The van der Waals surface area contributed by atoms with Crippen LogP contribution in [0.5, 0.6) is 0 Å². The maximum Gasteiger partial charge on any atom is 0.192 e. The predicted molar refractivity (Wildman–Crippen MR) is 72.3 cm³/mol. The topological polar surface area (TPSA) is 29.5 Å². The number of aliphatic hydroxyl groups excluding tert-OH is 1. The molecule has 0 saturated carbocycles. The average Bonchev–Trinajstić information content (AvgIpc) is 1.99. The van der Waals surface area contributed by atoms with E-state index in [-0.39, 0.29) is 11.6 Å². The zero-order valence-corrected chi connectivity index (χ0v) is 12.9. The van der Waals surface area contributed by atoms with Crippen LogP contribution in [0.3, 0.4) is 0 Å². The molecule has 0 aliphatic heterocycles. The lowest BCUT2D eigenvalue weighted by Crippen LogP contribution is -2.41. The van der Waals surface area contributed by atoms with E-state index in [0.29, 0.717) is 6.61 Å². The molecule has 0 spiro atoms. The zero-order valence-electron chi connectivity index (χ0n) is 9.72. The van der Waals surface area contributed by atoms with Crippen molar-refractivity contribution in [2.24, 2.45) is 0 Å². The number of hydrogen-bond donors (Lipinski definition) is 1. The maximum absolute atomic E-state index is 8.70. The normalized spacial score (nSPS) is 14.6. The summed E-state index contributed by atoms with van der Waals surface area (Å²) in [6, 6.07) is 0. The molecule has 0 radical (unpaired) electrons. The van der Waals surface area contributed by atoms with Gasteiger partial charge in [-0.1, -0.05) is 20.8 Å². The molecular formula is C10H21IO2Si. The molecule has 0 aromatic rings. The van der Waals surface area contributed by atoms with E-state index in [4.69, 9.17) is 9.53 Å². The Balaban J connectivity index is 4.20. The molecule has 0 fully saturated rings. The minimum Gasteiger partial charge on any atom is -0.412 e. The van der Waals surface area contributed by atoms with Gasteiger partial charge in [0.2, 0.25) is 0 Å². The molecule has 1 N–H and O–H groups in total. The van der Waals surface area contributed by atoms with Crippen LogP contribution >= 0.6 is 22.6 Å². The van der Waals surface area contributed by atoms with E-state index in [1.807, 2.05) is 0 Å². The lowest BCUT2D eigenvalue weighted by Gasteiger charge is -2.36. The Labute approximate surface area is 102 Å². The second-order valence-corrected chi connectivity index (χ2v) is 11.1. The molecule has 0 aromatic carbocycles. The molecule has 0 atom stereocenters. The Hall–Kier alpha value is 0.607. The zero-order chi connectivity index (χ0) is 11.4. The number of rotatable bonds is 4. The van der Waals surface area contributed by atoms with E-state index in [9.17, 15) is 0 Å². The number of halogens is 1. The minimum atomic E-state index is -1.62. The summed E-state index contributed by atoms with van der Waals surface area (Å²) in [5.74, 6) is 0. The third-order valence-corrected chi connectivity index (χ3v) is 7.92. The first-order valence-electron chi connectivity index (χ1n) is 4.80. The summed E-state index contributed by atoms with van der Waals surface area (Å²) in [6.45, 7) is 11.9. The van der Waals surface area contributed by atoms with Crippen molar-refractivity contribution in [3.05, 3.63) is 9.66 Å². The molecule has 0 saturated heterocycles. The summed E-state index contributed by atoms with van der Waals surface area (Å²) < 4.78 is 7.04. The van der Waals surface area contributed by atoms with Crippen LogP contribution in [0.25, 0.3) is 0 Å². The van der Waals surface area contributed by atoms with Crippen molar-refractivity contribution >= 4 is 30.9 Å². The monoisotopic (exact) mass is 328 g/mol. The van der Waals surface area contributed by atoms with Gasteiger partial charge in [-0.05, 0) is 46.8 Å². The highest BCUT2D eigenvalue weighted by atomic mass is 127. The summed E-state index contributed by atoms with van der Waals surface area (Å²) in [7, 11) is -1.62. The van der Waals surface area contributed by atoms with Crippen LogP contribution in [-0.2, 0) is 4.43 Å². The Morgan fingerprint density at radius 3 is 2.29 bits per heavy atom. The van der Waals surface area contributed by atoms with E-state index < -0.39 is 8.32 Å². The second-order valence-electron chi connectivity index (χ2n) is 4.88. The van der Waals surface area contributed by atoms with Gasteiger partial charge in [0.05, 0.1) is 13.2 Å². The highest BCUT2D eigenvalue weighted by Crippen LogP contribution is 2.36. The van der Waals surface area contributed by atoms with Gasteiger partial charge in [0.25, 0.3) is 0 Å². The molecule has 2 nitrogen and oxygen atoms in total. The lowest BCUT2D eigenvalue weighted by atomic mass is 10.2. The first kappa shape index (κ1) is 14.6. The minimum absolute atomic E-state index is 0.0964. The molecule has 0 aliphatic carbocycles. The highest BCUT2D eigenvalue weighted by molar-refractivity contribution is 14.1. The van der Waals surface area contributed by atoms with Crippen LogP contribution in [-0.4, -0.2) is 26.6 Å². The molecule has 14 heavy (non-hydrogen) atoms. The number of hydrogen-bond acceptors (Lipinski definition) is 2. The molecule has 84 valence electrons. The van der Waals surface area contributed by atoms with Crippen LogP contribution < -0.4 is 0 Å². The van der Waals surface area contributed by atoms with Gasteiger partial charge in [-0.3, -0.25) is 0 Å². The van der Waals surface area contributed by atoms with Crippen LogP contribution in [0.2, 0.25) is 18.1 Å². The fourth-order valence-corrected chi connectivity index (χ4v) is 2.22. The Morgan fingerprint density at radius 1 is 1.43 bits per heavy atom. The lowest BCUT2D eigenvalue weighted by molar-refractivity contribution is 0.319. The van der Waals surface area contributed by atoms with Crippen molar-refractivity contribution in [2.45, 2.75) is 38.9 Å². The highest BCUT2D eigenvalue weighted by Gasteiger charge is 2.36. The molecule has 0 amide bonds. The SMILES string of the molecule is CC(C)(C)[Si](C)(C)OCC(I)=CCO. The van der Waals surface area contributed by atoms with Crippen molar-refractivity contribution in [1.82, 2.24) is 0 Å². The molecule has 0 bridgehead atoms. The van der Waals surface area contributed by atoms with E-state index >= 15 is 0 Å². The molecule has 0 rings (SSSR count). The first-order valence-corrected chi connectivity index (χ1v) is 8.79. The molecule has 0 aliphatic rings. The maximum atomic E-state index is 8.70. The molecular weight excluding hydrogens is 307 g/mol. The Morgan fingerprint density at radius 2 is 1.93 bits per heavy atom. The quantitative estimate of drug-likeness (QED) is 0.634. The van der Waals surface area contributed by atoms with Crippen LogP contribution in [0.15, 0.2) is 9.66 Å². The summed E-state index contributed by atoms with van der Waals surface area (Å²) >= 11 is 2.21. The van der Waals surface area contributed by atoms with E-state index in [1.165, 1.54) is 0 Å². The molecule has 0 unspecified atom stereocenters. The molecule has 4 heteroatoms. The van der Waals surface area contributed by atoms with Gasteiger partial charge < -0.3 is 9.53 Å². The van der Waals surface area contributed by atoms with Gasteiger partial charge in [-0.25, -0.2) is 0 Å². The van der Waals surface area contributed by atoms with E-state index in [2.05, 4.69) is 56.5 Å². The van der Waals surface area contributed by atoms with Crippen molar-refractivity contribution in [2.75, 3.05) is 13.2 Å². The standard InChI is InChI=1S/C10H21IO2Si/c1-10(2,3)14(4,5)13-8-9(11)6-7-12/h6,12H,7-8H2,1-5H3. The molecule has 0 aromatic heterocycles. The van der Waals surface area contributed by atoms with Gasteiger partial charge in [-0.15, -0.1) is 0 Å². The van der Waals surface area contributed by atoms with E-state index in [0.717, 1.165) is 3.58 Å². The fraction of sp³-hybridized carbons (Fsp3) is 0.800. The second kappa shape index (κ2) is 5.63. The number of aliphatic hydroxyl groups is 1. The van der Waals surface area contributed by atoms with Crippen molar-refractivity contribution in [1.29, 1.82) is 0 Å². The Bertz CT molecular complexity index is 207. The largest absolute Gasteiger partial charge is 0.412 e. The van der Waals surface area contributed by atoms with E-state index in [1.54, 1.807) is 6.08 Å². The third-order valence-electron chi connectivity index (χ3n) is 2.69. The van der Waals surface area contributed by atoms with Crippen molar-refractivity contribution in [3.8, 4) is 0 Å². The van der Waals surface area contributed by atoms with Gasteiger partial charge in [0, 0.05) is 3.58 Å². The summed E-state index contributed by atoms with van der Waals surface area (Å²) in [6.07, 6.45) is 1.79. The molecule has 0 heterocycles. The summed E-state index contributed by atoms with van der Waals surface area (Å²) in [5.41, 5.74) is 0. The van der Waals surface area contributed by atoms with Gasteiger partial charge in [0.15, 0.2) is 8.32 Å².